The van der Waals surface area contributed by atoms with Crippen LogP contribution in [0, 0.1) is 0 Å². The Labute approximate surface area is 96.5 Å². The number of allylic oxidation sites excluding steroid dienone is 1. The van der Waals surface area contributed by atoms with Crippen molar-refractivity contribution in [1.29, 1.82) is 0 Å². The van der Waals surface area contributed by atoms with Gasteiger partial charge in [-0.3, -0.25) is 0 Å². The van der Waals surface area contributed by atoms with E-state index in [4.69, 9.17) is 14.2 Å². The van der Waals surface area contributed by atoms with E-state index < -0.39 is 19.3 Å². The largest absolute Gasteiger partial charge is 0.420 e. The first-order valence-electron chi connectivity index (χ1n) is 4.72. The average Bonchev–Trinajstić information content (AvgIpc) is 2.30. The van der Waals surface area contributed by atoms with Crippen LogP contribution >= 0.6 is 7.80 Å². The van der Waals surface area contributed by atoms with Gasteiger partial charge in [0, 0.05) is 26.9 Å². The van der Waals surface area contributed by atoms with Crippen LogP contribution in [0.15, 0.2) is 12.2 Å². The maximum absolute atomic E-state index is 11.6. The van der Waals surface area contributed by atoms with Crippen molar-refractivity contribution in [3.63, 3.8) is 0 Å². The predicted molar refractivity (Wildman–Crippen MR) is 60.7 cm³/mol. The van der Waals surface area contributed by atoms with Gasteiger partial charge >= 0.3 is 13.3 Å². The van der Waals surface area contributed by atoms with Crippen LogP contribution in [0.3, 0.4) is 0 Å². The molecular formula is C10H18O5P+. The zero-order chi connectivity index (χ0) is 12.8. The van der Waals surface area contributed by atoms with Crippen molar-refractivity contribution >= 4 is 13.3 Å². The number of hydrogen-bond acceptors (Lipinski definition) is 5. The number of carbonyl (C=O) groups excluding carboxylic acids is 1. The molecule has 1 atom stereocenters. The summed E-state index contributed by atoms with van der Waals surface area (Å²) in [7, 11) is 2.26. The Bertz CT molecular complexity index is 275. The van der Waals surface area contributed by atoms with E-state index in [0.717, 1.165) is 0 Å². The normalized spacial score (nSPS) is 12.4. The number of methoxy groups -OCH3 is 3. The SMILES string of the molecule is C=C(C)C(=O)[P+](=O)CCC(OC)(OC)OC. The molecule has 0 aliphatic heterocycles. The Morgan fingerprint density at radius 2 is 1.69 bits per heavy atom. The number of rotatable bonds is 8. The zero-order valence-corrected chi connectivity index (χ0v) is 11.0. The van der Waals surface area contributed by atoms with Gasteiger partial charge in [0.1, 0.15) is 0 Å². The molecule has 0 heterocycles. The Hall–Kier alpha value is -0.610. The van der Waals surface area contributed by atoms with Gasteiger partial charge in [-0.25, -0.2) is 4.79 Å². The summed E-state index contributed by atoms with van der Waals surface area (Å²) in [5, 5.41) is 0. The van der Waals surface area contributed by atoms with E-state index in [0.29, 0.717) is 5.57 Å². The molecule has 0 rings (SSSR count). The van der Waals surface area contributed by atoms with Gasteiger partial charge in [-0.1, -0.05) is 11.1 Å². The van der Waals surface area contributed by atoms with Crippen molar-refractivity contribution in [2.45, 2.75) is 19.3 Å². The van der Waals surface area contributed by atoms with Crippen LogP contribution in [0.4, 0.5) is 0 Å². The maximum Gasteiger partial charge on any atom is 0.420 e. The number of hydrogen-bond donors (Lipinski definition) is 0. The van der Waals surface area contributed by atoms with Crippen LogP contribution in [0.5, 0.6) is 0 Å². The molecule has 0 radical (unpaired) electrons. The van der Waals surface area contributed by atoms with Crippen LogP contribution in [0.25, 0.3) is 0 Å². The molecule has 16 heavy (non-hydrogen) atoms. The van der Waals surface area contributed by atoms with E-state index in [-0.39, 0.29) is 12.6 Å². The summed E-state index contributed by atoms with van der Waals surface area (Å²) in [4.78, 5) is 11.3. The van der Waals surface area contributed by atoms with Gasteiger partial charge in [-0.2, -0.15) is 0 Å². The van der Waals surface area contributed by atoms with E-state index in [2.05, 4.69) is 6.58 Å². The molecule has 0 fully saturated rings. The van der Waals surface area contributed by atoms with E-state index in [1.165, 1.54) is 28.3 Å². The summed E-state index contributed by atoms with van der Waals surface area (Å²) in [6.45, 7) is 4.99. The van der Waals surface area contributed by atoms with Crippen LogP contribution in [0.2, 0.25) is 0 Å². The maximum atomic E-state index is 11.6. The standard InChI is InChI=1S/C10H18O5P/c1-8(2)9(11)16(12)7-6-10(13-3,14-4)15-5/h1,6-7H2,2-5H3/q+1. The predicted octanol–water partition coefficient (Wildman–Crippen LogP) is 1.90. The van der Waals surface area contributed by atoms with Crippen LogP contribution in [0.1, 0.15) is 13.3 Å². The molecule has 1 unspecified atom stereocenters. The van der Waals surface area contributed by atoms with E-state index in [1.54, 1.807) is 0 Å². The monoisotopic (exact) mass is 249 g/mol. The molecule has 0 aliphatic rings. The third kappa shape index (κ3) is 4.10. The summed E-state index contributed by atoms with van der Waals surface area (Å²) in [6.07, 6.45) is 0.348. The first-order valence-corrected chi connectivity index (χ1v) is 6.17. The van der Waals surface area contributed by atoms with Gasteiger partial charge in [0.05, 0.1) is 6.42 Å². The minimum absolute atomic E-state index is 0.135. The van der Waals surface area contributed by atoms with Crippen molar-refractivity contribution in [3.8, 4) is 0 Å². The lowest BCUT2D eigenvalue weighted by Crippen LogP contribution is -2.36. The zero-order valence-electron chi connectivity index (χ0n) is 10.1. The van der Waals surface area contributed by atoms with Crippen LogP contribution in [-0.2, 0) is 23.6 Å². The molecule has 0 aliphatic carbocycles. The molecule has 0 aromatic heterocycles. The molecule has 5 nitrogen and oxygen atoms in total. The van der Waals surface area contributed by atoms with Crippen molar-refractivity contribution in [3.05, 3.63) is 12.2 Å². The first-order chi connectivity index (χ1) is 7.42. The van der Waals surface area contributed by atoms with Gasteiger partial charge in [0.25, 0.3) is 5.97 Å². The van der Waals surface area contributed by atoms with Gasteiger partial charge in [0.15, 0.2) is 6.16 Å². The Morgan fingerprint density at radius 1 is 1.25 bits per heavy atom. The van der Waals surface area contributed by atoms with Crippen LogP contribution < -0.4 is 0 Å². The van der Waals surface area contributed by atoms with Crippen molar-refractivity contribution < 1.29 is 23.6 Å². The fraction of sp³-hybridized carbons (Fsp3) is 0.700. The molecule has 0 aromatic carbocycles. The molecule has 92 valence electrons. The summed E-state index contributed by atoms with van der Waals surface area (Å²) < 4.78 is 26.6. The minimum atomic E-state index is -1.99. The highest BCUT2D eigenvalue weighted by Gasteiger charge is 2.37. The molecule has 0 saturated carbocycles. The highest BCUT2D eigenvalue weighted by Crippen LogP contribution is 2.30. The van der Waals surface area contributed by atoms with Crippen molar-refractivity contribution in [2.75, 3.05) is 27.5 Å². The van der Waals surface area contributed by atoms with E-state index in [9.17, 15) is 9.36 Å². The van der Waals surface area contributed by atoms with Gasteiger partial charge < -0.3 is 14.2 Å². The molecule has 0 aromatic rings. The lowest BCUT2D eigenvalue weighted by atomic mass is 10.4. The lowest BCUT2D eigenvalue weighted by Gasteiger charge is -2.26. The van der Waals surface area contributed by atoms with Gasteiger partial charge in [-0.15, -0.1) is 0 Å². The molecule has 0 spiro atoms. The lowest BCUT2D eigenvalue weighted by molar-refractivity contribution is -0.352. The van der Waals surface area contributed by atoms with E-state index >= 15 is 0 Å². The Morgan fingerprint density at radius 3 is 2.00 bits per heavy atom. The second-order valence-corrected chi connectivity index (χ2v) is 4.84. The van der Waals surface area contributed by atoms with Crippen molar-refractivity contribution in [1.82, 2.24) is 0 Å². The van der Waals surface area contributed by atoms with Gasteiger partial charge in [0.2, 0.25) is 0 Å². The summed E-state index contributed by atoms with van der Waals surface area (Å²) >= 11 is 0. The fourth-order valence-electron chi connectivity index (χ4n) is 1.11. The fourth-order valence-corrected chi connectivity index (χ4v) is 2.21. The quantitative estimate of drug-likeness (QED) is 0.373. The summed E-state index contributed by atoms with van der Waals surface area (Å²) in [5.41, 5.74) is -0.133. The molecular weight excluding hydrogens is 231 g/mol. The smallest absolute Gasteiger partial charge is 0.331 e. The molecule has 0 bridgehead atoms. The second kappa shape index (κ2) is 6.86. The second-order valence-electron chi connectivity index (χ2n) is 3.23. The molecule has 0 N–H and O–H groups in total. The summed E-state index contributed by atoms with van der Waals surface area (Å²) in [6, 6.07) is 0. The topological polar surface area (TPSA) is 61.8 Å². The minimum Gasteiger partial charge on any atom is -0.331 e. The third-order valence-corrected chi connectivity index (χ3v) is 3.61. The van der Waals surface area contributed by atoms with Crippen molar-refractivity contribution in [2.24, 2.45) is 0 Å². The van der Waals surface area contributed by atoms with E-state index in [1.807, 2.05) is 0 Å². The van der Waals surface area contributed by atoms with Gasteiger partial charge in [-0.05, 0) is 6.92 Å². The molecule has 0 amide bonds. The Kier molecular flexibility index (Phi) is 6.60. The molecule has 0 saturated heterocycles. The first kappa shape index (κ1) is 15.4. The Balaban J connectivity index is 4.38. The third-order valence-electron chi connectivity index (χ3n) is 2.15. The average molecular weight is 249 g/mol. The van der Waals surface area contributed by atoms with Crippen LogP contribution in [-0.4, -0.2) is 39.0 Å². The molecule has 6 heteroatoms. The highest BCUT2D eigenvalue weighted by atomic mass is 31.1. The highest BCUT2D eigenvalue weighted by molar-refractivity contribution is 7.64. The number of ether oxygens (including phenoxy) is 3. The number of carbonyl (C=O) groups is 1. The summed E-state index contributed by atoms with van der Waals surface area (Å²) in [5.74, 6) is -1.24.